The van der Waals surface area contributed by atoms with Crippen molar-refractivity contribution < 1.29 is 9.52 Å². The van der Waals surface area contributed by atoms with E-state index in [0.29, 0.717) is 5.76 Å². The van der Waals surface area contributed by atoms with Gasteiger partial charge in [0.15, 0.2) is 12.2 Å². The number of rotatable bonds is 4. The first kappa shape index (κ1) is 12.8. The molecule has 4 nitrogen and oxygen atoms in total. The van der Waals surface area contributed by atoms with Crippen molar-refractivity contribution in [2.24, 2.45) is 4.99 Å². The summed E-state index contributed by atoms with van der Waals surface area (Å²) in [5.41, 5.74) is 2.40. The highest BCUT2D eigenvalue weighted by atomic mass is 32.1. The van der Waals surface area contributed by atoms with E-state index in [1.807, 2.05) is 41.9 Å². The Morgan fingerprint density at radius 1 is 1.35 bits per heavy atom. The van der Waals surface area contributed by atoms with Crippen LogP contribution in [0.5, 0.6) is 0 Å². The molecule has 0 unspecified atom stereocenters. The van der Waals surface area contributed by atoms with Crippen LogP contribution in [0.15, 0.2) is 57.7 Å². The predicted molar refractivity (Wildman–Crippen MR) is 79.4 cm³/mol. The number of hydrogen-bond donors (Lipinski definition) is 1. The lowest BCUT2D eigenvalue weighted by Gasteiger charge is -2.05. The van der Waals surface area contributed by atoms with Crippen molar-refractivity contribution in [3.63, 3.8) is 0 Å². The molecule has 0 atom stereocenters. The summed E-state index contributed by atoms with van der Waals surface area (Å²) in [6.07, 6.45) is 4.82. The summed E-state index contributed by atoms with van der Waals surface area (Å²) < 4.78 is 5.26. The molecule has 100 valence electrons. The smallest absolute Gasteiger partial charge is 0.181 e. The van der Waals surface area contributed by atoms with Crippen LogP contribution in [0.3, 0.4) is 0 Å². The Bertz CT molecular complexity index is 704. The van der Waals surface area contributed by atoms with E-state index < -0.39 is 0 Å². The number of aromatic nitrogens is 1. The van der Waals surface area contributed by atoms with Gasteiger partial charge in [0.1, 0.15) is 0 Å². The molecular weight excluding hydrogens is 272 g/mol. The zero-order valence-electron chi connectivity index (χ0n) is 10.6. The molecule has 0 radical (unpaired) electrons. The quantitative estimate of drug-likeness (QED) is 0.744. The highest BCUT2D eigenvalue weighted by Crippen LogP contribution is 2.27. The molecule has 2 aromatic heterocycles. The standard InChI is InChI=1S/C15H12N2O2S/c18-9-11-6-12(17-7-13-2-1-5-20-13)3-4-14(11)15-8-16-10-19-15/h1-8,10,18H,9H2. The third-order valence-electron chi connectivity index (χ3n) is 2.84. The van der Waals surface area contributed by atoms with Crippen LogP contribution in [0, 0.1) is 0 Å². The molecular formula is C15H12N2O2S. The number of nitrogens with zero attached hydrogens (tertiary/aromatic N) is 2. The van der Waals surface area contributed by atoms with Crippen LogP contribution in [0.25, 0.3) is 11.3 Å². The lowest BCUT2D eigenvalue weighted by molar-refractivity contribution is 0.282. The second-order valence-corrected chi connectivity index (χ2v) is 5.12. The van der Waals surface area contributed by atoms with Crippen molar-refractivity contribution in [2.45, 2.75) is 6.61 Å². The van der Waals surface area contributed by atoms with E-state index in [1.54, 1.807) is 17.5 Å². The largest absolute Gasteiger partial charge is 0.444 e. The predicted octanol–water partition coefficient (Wildman–Crippen LogP) is 3.65. The monoisotopic (exact) mass is 284 g/mol. The molecule has 0 bridgehead atoms. The van der Waals surface area contributed by atoms with Crippen molar-refractivity contribution in [3.05, 3.63) is 58.7 Å². The second-order valence-electron chi connectivity index (χ2n) is 4.14. The Balaban J connectivity index is 1.91. The summed E-state index contributed by atoms with van der Waals surface area (Å²) in [6, 6.07) is 9.61. The lowest BCUT2D eigenvalue weighted by atomic mass is 10.1. The van der Waals surface area contributed by atoms with Gasteiger partial charge in [0.2, 0.25) is 0 Å². The third kappa shape index (κ3) is 2.68. The molecule has 1 aromatic carbocycles. The van der Waals surface area contributed by atoms with Gasteiger partial charge >= 0.3 is 0 Å². The second kappa shape index (κ2) is 5.81. The maximum absolute atomic E-state index is 9.48. The highest BCUT2D eigenvalue weighted by Gasteiger charge is 2.08. The number of aliphatic hydroxyl groups excluding tert-OH is 1. The van der Waals surface area contributed by atoms with Gasteiger partial charge in [-0.25, -0.2) is 4.98 Å². The van der Waals surface area contributed by atoms with Crippen molar-refractivity contribution in [3.8, 4) is 11.3 Å². The Labute approximate surface area is 120 Å². The molecule has 5 heteroatoms. The van der Waals surface area contributed by atoms with Crippen LogP contribution in [0.1, 0.15) is 10.4 Å². The Morgan fingerprint density at radius 2 is 2.30 bits per heavy atom. The maximum atomic E-state index is 9.48. The van der Waals surface area contributed by atoms with Crippen molar-refractivity contribution in [1.29, 1.82) is 0 Å². The first-order valence-corrected chi connectivity index (χ1v) is 6.95. The highest BCUT2D eigenvalue weighted by molar-refractivity contribution is 7.11. The van der Waals surface area contributed by atoms with Crippen LogP contribution in [-0.2, 0) is 6.61 Å². The number of thiophene rings is 1. The van der Waals surface area contributed by atoms with Gasteiger partial charge in [-0.3, -0.25) is 4.99 Å². The zero-order chi connectivity index (χ0) is 13.8. The normalized spacial score (nSPS) is 11.2. The van der Waals surface area contributed by atoms with Gasteiger partial charge in [0, 0.05) is 16.7 Å². The van der Waals surface area contributed by atoms with E-state index in [1.165, 1.54) is 6.39 Å². The van der Waals surface area contributed by atoms with Gasteiger partial charge in [-0.15, -0.1) is 11.3 Å². The van der Waals surface area contributed by atoms with Crippen molar-refractivity contribution in [1.82, 2.24) is 4.98 Å². The van der Waals surface area contributed by atoms with Crippen LogP contribution in [-0.4, -0.2) is 16.3 Å². The number of oxazole rings is 1. The first-order valence-electron chi connectivity index (χ1n) is 6.07. The fraction of sp³-hybridized carbons (Fsp3) is 0.0667. The Hall–Kier alpha value is -2.24. The molecule has 0 amide bonds. The third-order valence-corrected chi connectivity index (χ3v) is 3.65. The molecule has 3 aromatic rings. The van der Waals surface area contributed by atoms with Gasteiger partial charge in [-0.2, -0.15) is 0 Å². The van der Waals surface area contributed by atoms with E-state index in [4.69, 9.17) is 4.42 Å². The number of aliphatic imine (C=N–C) groups is 1. The minimum absolute atomic E-state index is 0.0710. The zero-order valence-corrected chi connectivity index (χ0v) is 11.4. The fourth-order valence-electron chi connectivity index (χ4n) is 1.88. The average Bonchev–Trinajstić information content (AvgIpc) is 3.18. The van der Waals surface area contributed by atoms with Gasteiger partial charge in [-0.05, 0) is 35.2 Å². The van der Waals surface area contributed by atoms with Gasteiger partial charge in [0.25, 0.3) is 0 Å². The SMILES string of the molecule is OCc1cc(N=Cc2cccs2)ccc1-c1cnco1. The molecule has 0 spiro atoms. The van der Waals surface area contributed by atoms with Crippen molar-refractivity contribution >= 4 is 23.2 Å². The van der Waals surface area contributed by atoms with Gasteiger partial charge in [-0.1, -0.05) is 6.07 Å². The van der Waals surface area contributed by atoms with Crippen molar-refractivity contribution in [2.75, 3.05) is 0 Å². The molecule has 20 heavy (non-hydrogen) atoms. The number of hydrogen-bond acceptors (Lipinski definition) is 5. The van der Waals surface area contributed by atoms with E-state index in [-0.39, 0.29) is 6.61 Å². The number of benzene rings is 1. The number of aliphatic hydroxyl groups is 1. The molecule has 0 saturated carbocycles. The van der Waals surface area contributed by atoms with E-state index in [0.717, 1.165) is 21.7 Å². The fourth-order valence-corrected chi connectivity index (χ4v) is 2.47. The minimum Gasteiger partial charge on any atom is -0.444 e. The van der Waals surface area contributed by atoms with E-state index in [9.17, 15) is 5.11 Å². The van der Waals surface area contributed by atoms with Crippen LogP contribution in [0.2, 0.25) is 0 Å². The Morgan fingerprint density at radius 3 is 3.00 bits per heavy atom. The molecule has 0 aliphatic carbocycles. The first-order chi connectivity index (χ1) is 9.86. The summed E-state index contributed by atoms with van der Waals surface area (Å²) in [7, 11) is 0. The molecule has 2 heterocycles. The summed E-state index contributed by atoms with van der Waals surface area (Å²) in [4.78, 5) is 9.39. The molecule has 1 N–H and O–H groups in total. The van der Waals surface area contributed by atoms with Crippen LogP contribution in [0.4, 0.5) is 5.69 Å². The summed E-state index contributed by atoms with van der Waals surface area (Å²) >= 11 is 1.63. The average molecular weight is 284 g/mol. The minimum atomic E-state index is -0.0710. The summed E-state index contributed by atoms with van der Waals surface area (Å²) in [5, 5.41) is 11.5. The topological polar surface area (TPSA) is 58.6 Å². The van der Waals surface area contributed by atoms with E-state index in [2.05, 4.69) is 9.98 Å². The molecule has 0 aliphatic heterocycles. The summed E-state index contributed by atoms with van der Waals surface area (Å²) in [6.45, 7) is -0.0710. The van der Waals surface area contributed by atoms with Crippen LogP contribution < -0.4 is 0 Å². The molecule has 0 saturated heterocycles. The molecule has 0 fully saturated rings. The molecule has 3 rings (SSSR count). The van der Waals surface area contributed by atoms with Crippen LogP contribution >= 0.6 is 11.3 Å². The van der Waals surface area contributed by atoms with E-state index >= 15 is 0 Å². The maximum Gasteiger partial charge on any atom is 0.181 e. The Kier molecular flexibility index (Phi) is 3.71. The van der Waals surface area contributed by atoms with Gasteiger partial charge in [0.05, 0.1) is 18.5 Å². The molecule has 0 aliphatic rings. The summed E-state index contributed by atoms with van der Waals surface area (Å²) in [5.74, 6) is 0.642. The lowest BCUT2D eigenvalue weighted by Crippen LogP contribution is -1.88. The van der Waals surface area contributed by atoms with Gasteiger partial charge < -0.3 is 9.52 Å².